The number of aryl methyl sites for hydroxylation is 1. The van der Waals surface area contributed by atoms with E-state index in [-0.39, 0.29) is 0 Å². The summed E-state index contributed by atoms with van der Waals surface area (Å²) in [6.07, 6.45) is 6.30. The highest BCUT2D eigenvalue weighted by atomic mass is 16.3. The molecule has 0 fully saturated rings. The fourth-order valence-electron chi connectivity index (χ4n) is 8.04. The van der Waals surface area contributed by atoms with E-state index in [4.69, 9.17) is 14.4 Å². The van der Waals surface area contributed by atoms with E-state index in [0.717, 1.165) is 79.5 Å². The summed E-state index contributed by atoms with van der Waals surface area (Å²) in [6, 6.07) is 49.8. The van der Waals surface area contributed by atoms with Gasteiger partial charge in [-0.15, -0.1) is 0 Å². The van der Waals surface area contributed by atoms with Crippen LogP contribution in [0.1, 0.15) is 17.7 Å². The highest BCUT2D eigenvalue weighted by Gasteiger charge is 2.23. The van der Waals surface area contributed by atoms with E-state index >= 15 is 0 Å². The molecule has 0 saturated carbocycles. The second-order valence-electron chi connectivity index (χ2n) is 13.3. The van der Waals surface area contributed by atoms with E-state index in [1.54, 1.807) is 0 Å². The van der Waals surface area contributed by atoms with E-state index in [9.17, 15) is 0 Å². The van der Waals surface area contributed by atoms with E-state index in [1.165, 1.54) is 32.7 Å². The van der Waals surface area contributed by atoms with Crippen LogP contribution in [0.4, 0.5) is 0 Å². The maximum Gasteiger partial charge on any atom is 0.235 e. The predicted molar refractivity (Wildman–Crippen MR) is 206 cm³/mol. The normalized spacial score (nSPS) is 13.0. The summed E-state index contributed by atoms with van der Waals surface area (Å²) < 4.78 is 8.46. The van der Waals surface area contributed by atoms with Crippen LogP contribution in [0.3, 0.4) is 0 Å². The summed E-state index contributed by atoms with van der Waals surface area (Å²) in [5, 5.41) is 7.17. The molecule has 0 unspecified atom stereocenters. The van der Waals surface area contributed by atoms with Crippen molar-refractivity contribution in [1.82, 2.24) is 14.5 Å². The molecule has 50 heavy (non-hydrogen) atoms. The van der Waals surface area contributed by atoms with Gasteiger partial charge in [-0.05, 0) is 82.3 Å². The average molecular weight is 640 g/mol. The molecule has 10 aromatic rings. The smallest absolute Gasteiger partial charge is 0.235 e. The van der Waals surface area contributed by atoms with Crippen LogP contribution in [0.2, 0.25) is 0 Å². The van der Waals surface area contributed by atoms with E-state index < -0.39 is 0 Å². The Balaban J connectivity index is 1.15. The largest absolute Gasteiger partial charge is 0.456 e. The fourth-order valence-corrected chi connectivity index (χ4v) is 8.04. The van der Waals surface area contributed by atoms with Crippen molar-refractivity contribution in [2.75, 3.05) is 0 Å². The Morgan fingerprint density at radius 3 is 2.20 bits per heavy atom. The molecule has 0 aliphatic heterocycles. The molecule has 4 heteroatoms. The molecule has 3 heterocycles. The van der Waals surface area contributed by atoms with Gasteiger partial charge in [-0.1, -0.05) is 115 Å². The lowest BCUT2D eigenvalue weighted by molar-refractivity contribution is 0.669. The standard InChI is InChI=1S/C46H29N3O/c1-2-9-28(10-3-1)29-17-20-31(21-18-29)45-36-13-4-6-14-38(36)47-46(48-45)49-39-15-8-11-30-19-22-33-25-34(27-40(49)44(33)43(30)39)32-23-24-42-37(26-32)35-12-5-7-16-41(35)50-42/h1-5,7-13,15-27H,6,14H2. The molecule has 3 aromatic heterocycles. The topological polar surface area (TPSA) is 43.9 Å². The number of furan rings is 1. The van der Waals surface area contributed by atoms with Crippen LogP contribution in [0.25, 0.3) is 100 Å². The summed E-state index contributed by atoms with van der Waals surface area (Å²) in [6.45, 7) is 0. The van der Waals surface area contributed by atoms with Crippen molar-refractivity contribution in [1.29, 1.82) is 0 Å². The zero-order valence-corrected chi connectivity index (χ0v) is 27.1. The summed E-state index contributed by atoms with van der Waals surface area (Å²) in [5.41, 5.74) is 13.0. The molecule has 0 N–H and O–H groups in total. The third kappa shape index (κ3) is 4.05. The third-order valence-corrected chi connectivity index (χ3v) is 10.4. The Bertz CT molecular complexity index is 2970. The summed E-state index contributed by atoms with van der Waals surface area (Å²) >= 11 is 0. The van der Waals surface area contributed by atoms with Crippen molar-refractivity contribution in [2.45, 2.75) is 12.8 Å². The zero-order chi connectivity index (χ0) is 32.8. The third-order valence-electron chi connectivity index (χ3n) is 10.4. The van der Waals surface area contributed by atoms with Crippen LogP contribution in [-0.2, 0) is 6.42 Å². The first-order valence-corrected chi connectivity index (χ1v) is 17.2. The van der Waals surface area contributed by atoms with Gasteiger partial charge < -0.3 is 4.42 Å². The monoisotopic (exact) mass is 639 g/mol. The van der Waals surface area contributed by atoms with Gasteiger partial charge in [-0.3, -0.25) is 4.57 Å². The molecule has 11 rings (SSSR count). The Morgan fingerprint density at radius 1 is 0.520 bits per heavy atom. The number of benzene rings is 7. The molecule has 0 saturated heterocycles. The molecular weight excluding hydrogens is 611 g/mol. The number of fused-ring (bicyclic) bond motifs is 4. The highest BCUT2D eigenvalue weighted by Crippen LogP contribution is 2.42. The Morgan fingerprint density at radius 2 is 1.28 bits per heavy atom. The van der Waals surface area contributed by atoms with E-state index in [2.05, 4.69) is 144 Å². The van der Waals surface area contributed by atoms with E-state index in [1.807, 2.05) is 12.1 Å². The van der Waals surface area contributed by atoms with Gasteiger partial charge in [0.15, 0.2) is 0 Å². The fraction of sp³-hybridized carbons (Fsp3) is 0.0435. The lowest BCUT2D eigenvalue weighted by Crippen LogP contribution is -2.09. The lowest BCUT2D eigenvalue weighted by atomic mass is 9.96. The van der Waals surface area contributed by atoms with Gasteiger partial charge in [0, 0.05) is 32.7 Å². The van der Waals surface area contributed by atoms with Crippen molar-refractivity contribution in [2.24, 2.45) is 0 Å². The Kier molecular flexibility index (Phi) is 5.75. The minimum Gasteiger partial charge on any atom is -0.456 e. The van der Waals surface area contributed by atoms with Crippen molar-refractivity contribution in [3.8, 4) is 39.5 Å². The summed E-state index contributed by atoms with van der Waals surface area (Å²) in [4.78, 5) is 10.7. The van der Waals surface area contributed by atoms with Gasteiger partial charge in [0.2, 0.25) is 5.95 Å². The van der Waals surface area contributed by atoms with Crippen molar-refractivity contribution < 1.29 is 4.42 Å². The molecule has 1 aliphatic rings. The Hall–Kier alpha value is -6.52. The molecule has 7 aromatic carbocycles. The van der Waals surface area contributed by atoms with Gasteiger partial charge in [0.05, 0.1) is 22.4 Å². The van der Waals surface area contributed by atoms with Crippen LogP contribution in [-0.4, -0.2) is 14.5 Å². The number of hydrogen-bond acceptors (Lipinski definition) is 3. The minimum atomic E-state index is 0.708. The summed E-state index contributed by atoms with van der Waals surface area (Å²) in [5.74, 6) is 0.708. The quantitative estimate of drug-likeness (QED) is 0.180. The van der Waals surface area contributed by atoms with Crippen LogP contribution >= 0.6 is 0 Å². The first-order chi connectivity index (χ1) is 24.8. The Labute approximate surface area is 287 Å². The van der Waals surface area contributed by atoms with Crippen LogP contribution in [0.5, 0.6) is 0 Å². The molecular formula is C46H29N3O. The van der Waals surface area contributed by atoms with Crippen LogP contribution in [0.15, 0.2) is 150 Å². The second-order valence-corrected chi connectivity index (χ2v) is 13.3. The van der Waals surface area contributed by atoms with Gasteiger partial charge in [-0.25, -0.2) is 9.97 Å². The molecule has 0 amide bonds. The maximum atomic E-state index is 6.17. The van der Waals surface area contributed by atoms with Crippen molar-refractivity contribution in [3.05, 3.63) is 157 Å². The molecule has 4 nitrogen and oxygen atoms in total. The minimum absolute atomic E-state index is 0.708. The maximum absolute atomic E-state index is 6.17. The van der Waals surface area contributed by atoms with Crippen molar-refractivity contribution in [3.63, 3.8) is 0 Å². The lowest BCUT2D eigenvalue weighted by Gasteiger charge is -2.17. The van der Waals surface area contributed by atoms with Crippen LogP contribution < -0.4 is 0 Å². The first-order valence-electron chi connectivity index (χ1n) is 17.2. The van der Waals surface area contributed by atoms with Gasteiger partial charge in [-0.2, -0.15) is 0 Å². The molecule has 1 aliphatic carbocycles. The SMILES string of the molecule is C1=Cc2c(nc(-n3c4cccc5ccc6cc(-c7ccc8oc9ccccc9c8c7)cc3c6c54)nc2-c2ccc(-c3ccccc3)cc2)CC1. The average Bonchev–Trinajstić information content (AvgIpc) is 3.73. The number of aromatic nitrogens is 3. The number of allylic oxidation sites excluding steroid dienone is 1. The molecule has 0 radical (unpaired) electrons. The molecule has 0 bridgehead atoms. The molecule has 234 valence electrons. The first kappa shape index (κ1) is 27.4. The molecule has 0 atom stereocenters. The zero-order valence-electron chi connectivity index (χ0n) is 27.1. The number of hydrogen-bond donors (Lipinski definition) is 0. The van der Waals surface area contributed by atoms with Crippen molar-refractivity contribution >= 4 is 60.6 Å². The molecule has 0 spiro atoms. The second kappa shape index (κ2) is 10.5. The predicted octanol–water partition coefficient (Wildman–Crippen LogP) is 12.0. The highest BCUT2D eigenvalue weighted by molar-refractivity contribution is 6.25. The van der Waals surface area contributed by atoms with Crippen LogP contribution in [0, 0.1) is 0 Å². The number of nitrogens with zero attached hydrogens (tertiary/aromatic N) is 3. The summed E-state index contributed by atoms with van der Waals surface area (Å²) in [7, 11) is 0. The van der Waals surface area contributed by atoms with Gasteiger partial charge in [0.25, 0.3) is 0 Å². The number of para-hydroxylation sites is 1. The van der Waals surface area contributed by atoms with Gasteiger partial charge >= 0.3 is 0 Å². The van der Waals surface area contributed by atoms with Gasteiger partial charge in [0.1, 0.15) is 11.2 Å². The van der Waals surface area contributed by atoms with E-state index in [0.29, 0.717) is 5.95 Å². The number of rotatable bonds is 4.